The third-order valence-electron chi connectivity index (χ3n) is 4.84. The van der Waals surface area contributed by atoms with E-state index in [0.29, 0.717) is 17.0 Å². The molecule has 168 valence electrons. The molecule has 1 unspecified atom stereocenters. The molecule has 1 amide bonds. The number of halogens is 1. The molecular formula is C23H23FN2O5S. The minimum absolute atomic E-state index is 0.0188. The van der Waals surface area contributed by atoms with Gasteiger partial charge in [0, 0.05) is 17.3 Å². The van der Waals surface area contributed by atoms with Crippen molar-refractivity contribution in [3.8, 4) is 11.5 Å². The van der Waals surface area contributed by atoms with Crippen molar-refractivity contribution in [1.82, 2.24) is 5.32 Å². The van der Waals surface area contributed by atoms with Gasteiger partial charge in [-0.05, 0) is 73.7 Å². The number of carbonyl (C=O) groups is 1. The Hall–Kier alpha value is -3.43. The average Bonchev–Trinajstić information content (AvgIpc) is 2.78. The van der Waals surface area contributed by atoms with Crippen molar-refractivity contribution in [2.24, 2.45) is 0 Å². The first-order chi connectivity index (χ1) is 15.2. The molecule has 32 heavy (non-hydrogen) atoms. The van der Waals surface area contributed by atoms with E-state index in [1.165, 1.54) is 49.6 Å². The number of amides is 1. The van der Waals surface area contributed by atoms with E-state index in [9.17, 15) is 22.7 Å². The van der Waals surface area contributed by atoms with Crippen molar-refractivity contribution in [1.29, 1.82) is 0 Å². The molecule has 0 heterocycles. The summed E-state index contributed by atoms with van der Waals surface area (Å²) >= 11 is 0. The number of anilines is 1. The SMILES string of the molecule is COc1ccc(O)c(C(C)NCC(=O)Nc2ccc(S(=O)(=O)c3ccc(F)cc3)cc2)c1. The van der Waals surface area contributed by atoms with Crippen molar-refractivity contribution < 1.29 is 27.4 Å². The monoisotopic (exact) mass is 458 g/mol. The van der Waals surface area contributed by atoms with Gasteiger partial charge in [0.25, 0.3) is 0 Å². The highest BCUT2D eigenvalue weighted by Gasteiger charge is 2.18. The van der Waals surface area contributed by atoms with Crippen LogP contribution >= 0.6 is 0 Å². The molecule has 9 heteroatoms. The van der Waals surface area contributed by atoms with Gasteiger partial charge in [0.2, 0.25) is 15.7 Å². The number of rotatable bonds is 8. The van der Waals surface area contributed by atoms with Crippen molar-refractivity contribution in [2.75, 3.05) is 19.0 Å². The minimum atomic E-state index is -3.79. The molecule has 0 bridgehead atoms. The fraction of sp³-hybridized carbons (Fsp3) is 0.174. The van der Waals surface area contributed by atoms with Gasteiger partial charge in [-0.25, -0.2) is 12.8 Å². The topological polar surface area (TPSA) is 105 Å². The van der Waals surface area contributed by atoms with Gasteiger partial charge < -0.3 is 20.5 Å². The van der Waals surface area contributed by atoms with E-state index in [1.807, 2.05) is 0 Å². The highest BCUT2D eigenvalue weighted by molar-refractivity contribution is 7.91. The number of methoxy groups -OCH3 is 1. The zero-order valence-electron chi connectivity index (χ0n) is 17.5. The predicted octanol–water partition coefficient (Wildman–Crippen LogP) is 3.66. The maximum atomic E-state index is 13.1. The number of hydrogen-bond acceptors (Lipinski definition) is 6. The van der Waals surface area contributed by atoms with Gasteiger partial charge in [-0.3, -0.25) is 4.79 Å². The summed E-state index contributed by atoms with van der Waals surface area (Å²) in [7, 11) is -2.26. The molecule has 7 nitrogen and oxygen atoms in total. The van der Waals surface area contributed by atoms with Crippen LogP contribution in [0.2, 0.25) is 0 Å². The Balaban J connectivity index is 1.61. The summed E-state index contributed by atoms with van der Waals surface area (Å²) in [5.41, 5.74) is 1.01. The van der Waals surface area contributed by atoms with Gasteiger partial charge in [-0.15, -0.1) is 0 Å². The van der Waals surface area contributed by atoms with Crippen LogP contribution in [0.5, 0.6) is 11.5 Å². The fourth-order valence-corrected chi connectivity index (χ4v) is 4.30. The van der Waals surface area contributed by atoms with Crippen LogP contribution < -0.4 is 15.4 Å². The standard InChI is InChI=1S/C23H23FN2O5S/c1-15(21-13-18(31-2)7-12-22(21)27)25-14-23(28)26-17-5-10-20(11-6-17)32(29,30)19-8-3-16(24)4-9-19/h3-13,15,25,27H,14H2,1-2H3,(H,26,28). The maximum Gasteiger partial charge on any atom is 0.238 e. The number of aromatic hydroxyl groups is 1. The quantitative estimate of drug-likeness (QED) is 0.445. The Morgan fingerprint density at radius 3 is 2.22 bits per heavy atom. The van der Waals surface area contributed by atoms with E-state index in [1.54, 1.807) is 19.1 Å². The summed E-state index contributed by atoms with van der Waals surface area (Å²) in [6.07, 6.45) is 0. The summed E-state index contributed by atoms with van der Waals surface area (Å²) in [4.78, 5) is 12.3. The molecule has 3 aromatic rings. The van der Waals surface area contributed by atoms with E-state index in [4.69, 9.17) is 4.74 Å². The lowest BCUT2D eigenvalue weighted by molar-refractivity contribution is -0.115. The van der Waals surface area contributed by atoms with Gasteiger partial charge in [-0.1, -0.05) is 0 Å². The lowest BCUT2D eigenvalue weighted by Gasteiger charge is -2.16. The first kappa shape index (κ1) is 23.2. The molecule has 0 radical (unpaired) electrons. The number of carbonyl (C=O) groups excluding carboxylic acids is 1. The Morgan fingerprint density at radius 1 is 1.03 bits per heavy atom. The molecule has 0 aliphatic heterocycles. The average molecular weight is 459 g/mol. The van der Waals surface area contributed by atoms with Gasteiger partial charge >= 0.3 is 0 Å². The van der Waals surface area contributed by atoms with Crippen molar-refractivity contribution >= 4 is 21.4 Å². The Bertz CT molecular complexity index is 1200. The maximum absolute atomic E-state index is 13.1. The molecule has 0 aliphatic carbocycles. The van der Waals surface area contributed by atoms with Crippen LogP contribution in [0.1, 0.15) is 18.5 Å². The fourth-order valence-electron chi connectivity index (χ4n) is 3.03. The summed E-state index contributed by atoms with van der Waals surface area (Å²) < 4.78 is 43.4. The molecule has 0 aliphatic rings. The molecule has 0 spiro atoms. The van der Waals surface area contributed by atoms with Crippen LogP contribution in [-0.4, -0.2) is 33.1 Å². The van der Waals surface area contributed by atoms with Gasteiger partial charge in [-0.2, -0.15) is 0 Å². The Labute approximate surface area is 185 Å². The lowest BCUT2D eigenvalue weighted by Crippen LogP contribution is -2.30. The number of benzene rings is 3. The van der Waals surface area contributed by atoms with Crippen molar-refractivity contribution in [2.45, 2.75) is 22.8 Å². The Morgan fingerprint density at radius 2 is 1.62 bits per heavy atom. The van der Waals surface area contributed by atoms with Crippen LogP contribution in [0.4, 0.5) is 10.1 Å². The van der Waals surface area contributed by atoms with Crippen molar-refractivity contribution in [3.05, 3.63) is 78.1 Å². The van der Waals surface area contributed by atoms with Crippen LogP contribution in [-0.2, 0) is 14.6 Å². The number of ether oxygens (including phenoxy) is 1. The molecule has 1 atom stereocenters. The normalized spacial score (nSPS) is 12.2. The second kappa shape index (κ2) is 9.80. The molecule has 3 rings (SSSR count). The molecular weight excluding hydrogens is 435 g/mol. The smallest absolute Gasteiger partial charge is 0.238 e. The van der Waals surface area contributed by atoms with Crippen LogP contribution in [0.3, 0.4) is 0 Å². The summed E-state index contributed by atoms with van der Waals surface area (Å²) in [6.45, 7) is 1.77. The second-order valence-corrected chi connectivity index (χ2v) is 9.01. The number of phenols is 1. The first-order valence-corrected chi connectivity index (χ1v) is 11.2. The summed E-state index contributed by atoms with van der Waals surface area (Å²) in [6, 6.07) is 14.8. The van der Waals surface area contributed by atoms with E-state index in [0.717, 1.165) is 12.1 Å². The Kier molecular flexibility index (Phi) is 7.12. The zero-order chi connectivity index (χ0) is 23.3. The zero-order valence-corrected chi connectivity index (χ0v) is 18.3. The molecule has 0 saturated carbocycles. The van der Waals surface area contributed by atoms with E-state index >= 15 is 0 Å². The molecule has 3 N–H and O–H groups in total. The number of phenolic OH excluding ortho intramolecular Hbond substituents is 1. The van der Waals surface area contributed by atoms with Gasteiger partial charge in [0.15, 0.2) is 0 Å². The lowest BCUT2D eigenvalue weighted by atomic mass is 10.1. The summed E-state index contributed by atoms with van der Waals surface area (Å²) in [5, 5.41) is 15.7. The molecule has 0 fully saturated rings. The number of nitrogens with one attached hydrogen (secondary N) is 2. The third-order valence-corrected chi connectivity index (χ3v) is 6.63. The van der Waals surface area contributed by atoms with E-state index < -0.39 is 15.7 Å². The molecule has 0 saturated heterocycles. The number of sulfone groups is 1. The van der Waals surface area contributed by atoms with Crippen molar-refractivity contribution in [3.63, 3.8) is 0 Å². The predicted molar refractivity (Wildman–Crippen MR) is 118 cm³/mol. The third kappa shape index (κ3) is 5.43. The highest BCUT2D eigenvalue weighted by atomic mass is 32.2. The van der Waals surface area contributed by atoms with E-state index in [2.05, 4.69) is 10.6 Å². The highest BCUT2D eigenvalue weighted by Crippen LogP contribution is 2.28. The van der Waals surface area contributed by atoms with Crippen LogP contribution in [0, 0.1) is 5.82 Å². The largest absolute Gasteiger partial charge is 0.508 e. The van der Waals surface area contributed by atoms with Crippen LogP contribution in [0.25, 0.3) is 0 Å². The van der Waals surface area contributed by atoms with Gasteiger partial charge in [0.1, 0.15) is 17.3 Å². The second-order valence-electron chi connectivity index (χ2n) is 7.06. The minimum Gasteiger partial charge on any atom is -0.508 e. The molecule has 0 aromatic heterocycles. The molecule has 3 aromatic carbocycles. The van der Waals surface area contributed by atoms with Gasteiger partial charge in [0.05, 0.1) is 23.4 Å². The first-order valence-electron chi connectivity index (χ1n) is 9.71. The number of hydrogen-bond donors (Lipinski definition) is 3. The van der Waals surface area contributed by atoms with Crippen LogP contribution in [0.15, 0.2) is 76.5 Å². The summed E-state index contributed by atoms with van der Waals surface area (Å²) in [5.74, 6) is -0.185. The van der Waals surface area contributed by atoms with E-state index in [-0.39, 0.29) is 34.0 Å².